The van der Waals surface area contributed by atoms with Gasteiger partial charge < -0.3 is 13.9 Å². The second-order valence-corrected chi connectivity index (χ2v) is 15.7. The molecule has 0 radical (unpaired) electrons. The van der Waals surface area contributed by atoms with Crippen molar-refractivity contribution in [2.45, 2.75) is 0 Å². The molecule has 2 aromatic heterocycles. The summed E-state index contributed by atoms with van der Waals surface area (Å²) in [6, 6.07) is 82.7. The fourth-order valence-corrected chi connectivity index (χ4v) is 9.26. The van der Waals surface area contributed by atoms with Gasteiger partial charge in [0.05, 0.1) is 16.7 Å². The van der Waals surface area contributed by atoms with Crippen LogP contribution in [0.25, 0.3) is 93.6 Å². The maximum absolute atomic E-state index is 6.73. The molecule has 0 aliphatic rings. The topological polar surface area (TPSA) is 21.3 Å². The van der Waals surface area contributed by atoms with E-state index in [2.05, 4.69) is 240 Å². The normalized spacial score (nSPS) is 11.6. The lowest BCUT2D eigenvalue weighted by atomic mass is 10.0. The Morgan fingerprint density at radius 2 is 0.820 bits per heavy atom. The number of nitrogens with zero attached hydrogens (tertiary/aromatic N) is 2. The lowest BCUT2D eigenvalue weighted by Gasteiger charge is -2.26. The number of hydrogen-bond donors (Lipinski definition) is 0. The molecule has 0 aliphatic carbocycles. The molecular formula is C58H38N2O. The maximum Gasteiger partial charge on any atom is 0.159 e. The lowest BCUT2D eigenvalue weighted by molar-refractivity contribution is 0.666. The van der Waals surface area contributed by atoms with Gasteiger partial charge in [-0.1, -0.05) is 164 Å². The Morgan fingerprint density at radius 1 is 0.328 bits per heavy atom. The minimum atomic E-state index is 0.894. The number of benzene rings is 10. The van der Waals surface area contributed by atoms with Crippen LogP contribution in [-0.4, -0.2) is 4.57 Å². The zero-order valence-corrected chi connectivity index (χ0v) is 33.2. The van der Waals surface area contributed by atoms with Crippen molar-refractivity contribution in [3.8, 4) is 39.1 Å². The SMILES string of the molecule is c1ccc(-c2ccc(N(c3ccc(-c4ccccc4)cc3)c3ccc(-c4ccc5c(c4)c4ccccc4n5-c4cccc5c4oc4ccc6ccccc6c45)cc3)cc2)cc1. The van der Waals surface area contributed by atoms with Gasteiger partial charge in [-0.2, -0.15) is 0 Å². The number of furan rings is 1. The maximum atomic E-state index is 6.73. The molecule has 0 N–H and O–H groups in total. The summed E-state index contributed by atoms with van der Waals surface area (Å²) in [5, 5.41) is 7.11. The molecule has 3 heteroatoms. The Hall–Kier alpha value is -8.14. The largest absolute Gasteiger partial charge is 0.454 e. The summed E-state index contributed by atoms with van der Waals surface area (Å²) in [4.78, 5) is 2.34. The van der Waals surface area contributed by atoms with Crippen LogP contribution in [0.3, 0.4) is 0 Å². The van der Waals surface area contributed by atoms with Crippen molar-refractivity contribution in [2.75, 3.05) is 4.90 Å². The van der Waals surface area contributed by atoms with Gasteiger partial charge in [-0.15, -0.1) is 0 Å². The molecule has 0 aliphatic heterocycles. The van der Waals surface area contributed by atoms with Crippen LogP contribution in [0.1, 0.15) is 0 Å². The smallest absolute Gasteiger partial charge is 0.159 e. The highest BCUT2D eigenvalue weighted by Gasteiger charge is 2.20. The van der Waals surface area contributed by atoms with E-state index in [1.165, 1.54) is 49.4 Å². The second kappa shape index (κ2) is 14.3. The second-order valence-electron chi connectivity index (χ2n) is 15.7. The summed E-state index contributed by atoms with van der Waals surface area (Å²) in [7, 11) is 0. The molecule has 0 bridgehead atoms. The molecule has 61 heavy (non-hydrogen) atoms. The van der Waals surface area contributed by atoms with Gasteiger partial charge in [0.1, 0.15) is 5.58 Å². The minimum Gasteiger partial charge on any atom is -0.454 e. The Labute approximate surface area is 353 Å². The van der Waals surface area contributed by atoms with E-state index < -0.39 is 0 Å². The third kappa shape index (κ3) is 5.90. The number of hydrogen-bond acceptors (Lipinski definition) is 2. The van der Waals surface area contributed by atoms with E-state index in [-0.39, 0.29) is 0 Å². The van der Waals surface area contributed by atoms with Crippen molar-refractivity contribution in [1.29, 1.82) is 0 Å². The minimum absolute atomic E-state index is 0.894. The molecule has 0 saturated carbocycles. The Balaban J connectivity index is 0.943. The van der Waals surface area contributed by atoms with E-state index >= 15 is 0 Å². The molecule has 0 saturated heterocycles. The lowest BCUT2D eigenvalue weighted by Crippen LogP contribution is -2.09. The zero-order chi connectivity index (χ0) is 40.3. The van der Waals surface area contributed by atoms with Crippen molar-refractivity contribution < 1.29 is 4.42 Å². The number of anilines is 3. The first-order chi connectivity index (χ1) is 30.2. The summed E-state index contributed by atoms with van der Waals surface area (Å²) in [5.74, 6) is 0. The van der Waals surface area contributed by atoms with E-state index in [9.17, 15) is 0 Å². The van der Waals surface area contributed by atoms with E-state index in [1.54, 1.807) is 0 Å². The van der Waals surface area contributed by atoms with Gasteiger partial charge in [-0.25, -0.2) is 0 Å². The average molecular weight is 779 g/mol. The van der Waals surface area contributed by atoms with Crippen molar-refractivity contribution in [1.82, 2.24) is 4.57 Å². The standard InChI is InChI=1S/C58H38N2O/c1-3-12-39(13-4-1)41-22-30-46(31-23-41)59(47-32-24-42(25-33-47)40-14-5-2-6-15-40)48-34-26-43(27-35-48)45-28-36-54-52(38-45)50-18-9-10-20-53(50)60(54)55-21-11-19-51-57-49-17-8-7-16-44(49)29-37-56(57)61-58(51)55/h1-38H. The van der Waals surface area contributed by atoms with Gasteiger partial charge in [0.2, 0.25) is 0 Å². The van der Waals surface area contributed by atoms with Gasteiger partial charge in [0.15, 0.2) is 5.58 Å². The van der Waals surface area contributed by atoms with Crippen molar-refractivity contribution >= 4 is 71.6 Å². The van der Waals surface area contributed by atoms with Crippen LogP contribution >= 0.6 is 0 Å². The molecule has 3 nitrogen and oxygen atoms in total. The first-order valence-electron chi connectivity index (χ1n) is 20.8. The van der Waals surface area contributed by atoms with Crippen LogP contribution < -0.4 is 4.90 Å². The summed E-state index contributed by atoms with van der Waals surface area (Å²) < 4.78 is 9.10. The van der Waals surface area contributed by atoms with Crippen LogP contribution in [0, 0.1) is 0 Å². The fourth-order valence-electron chi connectivity index (χ4n) is 9.26. The van der Waals surface area contributed by atoms with Gasteiger partial charge in [0, 0.05) is 38.6 Å². The van der Waals surface area contributed by atoms with Crippen molar-refractivity contribution in [2.24, 2.45) is 0 Å². The first-order valence-corrected chi connectivity index (χ1v) is 20.8. The Kier molecular flexibility index (Phi) is 8.17. The molecular weight excluding hydrogens is 741 g/mol. The predicted octanol–water partition coefficient (Wildman–Crippen LogP) is 16.3. The van der Waals surface area contributed by atoms with E-state index in [0.717, 1.165) is 61.3 Å². The quantitative estimate of drug-likeness (QED) is 0.161. The van der Waals surface area contributed by atoms with Gasteiger partial charge >= 0.3 is 0 Å². The molecule has 2 heterocycles. The van der Waals surface area contributed by atoms with Crippen LogP contribution in [0.5, 0.6) is 0 Å². The van der Waals surface area contributed by atoms with Crippen LogP contribution in [-0.2, 0) is 0 Å². The monoisotopic (exact) mass is 778 g/mol. The van der Waals surface area contributed by atoms with Crippen LogP contribution in [0.2, 0.25) is 0 Å². The molecule has 12 rings (SSSR count). The molecule has 0 unspecified atom stereocenters. The van der Waals surface area contributed by atoms with Crippen molar-refractivity contribution in [3.05, 3.63) is 231 Å². The van der Waals surface area contributed by atoms with Gasteiger partial charge in [0.25, 0.3) is 0 Å². The molecule has 0 spiro atoms. The number of rotatable bonds is 7. The van der Waals surface area contributed by atoms with Gasteiger partial charge in [-0.05, 0) is 111 Å². The third-order valence-electron chi connectivity index (χ3n) is 12.2. The van der Waals surface area contributed by atoms with E-state index in [4.69, 9.17) is 4.42 Å². The number of para-hydroxylation sites is 2. The third-order valence-corrected chi connectivity index (χ3v) is 12.2. The molecule has 0 fully saturated rings. The summed E-state index contributed by atoms with van der Waals surface area (Å²) in [6.07, 6.45) is 0. The number of fused-ring (bicyclic) bond motifs is 8. The fraction of sp³-hybridized carbons (Fsp3) is 0. The highest BCUT2D eigenvalue weighted by molar-refractivity contribution is 6.20. The zero-order valence-electron chi connectivity index (χ0n) is 33.2. The molecule has 12 aromatic rings. The predicted molar refractivity (Wildman–Crippen MR) is 257 cm³/mol. The van der Waals surface area contributed by atoms with Crippen LogP contribution in [0.15, 0.2) is 235 Å². The summed E-state index contributed by atoms with van der Waals surface area (Å²) in [5.41, 5.74) is 15.5. The summed E-state index contributed by atoms with van der Waals surface area (Å²) in [6.45, 7) is 0. The van der Waals surface area contributed by atoms with E-state index in [1.807, 2.05) is 0 Å². The van der Waals surface area contributed by atoms with Gasteiger partial charge in [-0.3, -0.25) is 0 Å². The van der Waals surface area contributed by atoms with Crippen LogP contribution in [0.4, 0.5) is 17.1 Å². The first kappa shape index (κ1) is 34.9. The molecule has 286 valence electrons. The molecule has 0 amide bonds. The van der Waals surface area contributed by atoms with E-state index in [0.29, 0.717) is 0 Å². The highest BCUT2D eigenvalue weighted by atomic mass is 16.3. The number of aromatic nitrogens is 1. The highest BCUT2D eigenvalue weighted by Crippen LogP contribution is 2.42. The summed E-state index contributed by atoms with van der Waals surface area (Å²) >= 11 is 0. The average Bonchev–Trinajstić information content (AvgIpc) is 3.89. The Morgan fingerprint density at radius 3 is 1.46 bits per heavy atom. The molecule has 10 aromatic carbocycles. The van der Waals surface area contributed by atoms with Crippen molar-refractivity contribution in [3.63, 3.8) is 0 Å². The molecule has 0 atom stereocenters. The Bertz CT molecular complexity index is 3460.